The fraction of sp³-hybridized carbons (Fsp3) is 0.250. The molecular weight excluding hydrogens is 593 g/mol. The maximum absolute atomic E-state index is 13.0. The average Bonchev–Trinajstić information content (AvgIpc) is 3.29. The van der Waals surface area contributed by atoms with E-state index in [1.165, 1.54) is 40.6 Å². The molecule has 3 heterocycles. The van der Waals surface area contributed by atoms with Crippen molar-refractivity contribution >= 4 is 82.7 Å². The quantitative estimate of drug-likeness (QED) is 0.140. The third-order valence-corrected chi connectivity index (χ3v) is 9.17. The zero-order chi connectivity index (χ0) is 29.3. The van der Waals surface area contributed by atoms with Gasteiger partial charge in [-0.1, -0.05) is 12.1 Å². The van der Waals surface area contributed by atoms with Gasteiger partial charge in [0.1, 0.15) is 22.9 Å². The molecule has 2 atom stereocenters. The number of fused-ring (bicyclic) bond motifs is 1. The number of rotatable bonds is 9. The first-order valence-electron chi connectivity index (χ1n) is 12.6. The molecule has 3 aliphatic heterocycles. The van der Waals surface area contributed by atoms with Crippen molar-refractivity contribution in [3.63, 3.8) is 0 Å². The molecule has 2 aromatic carbocycles. The monoisotopic (exact) mass is 619 g/mol. The van der Waals surface area contributed by atoms with Gasteiger partial charge in [0.05, 0.1) is 11.3 Å². The second-order valence-electron chi connectivity index (χ2n) is 9.56. The predicted octanol–water partition coefficient (Wildman–Crippen LogP) is 1.63. The second-order valence-corrected chi connectivity index (χ2v) is 11.7. The van der Waals surface area contributed by atoms with Gasteiger partial charge >= 0.3 is 41.5 Å². The number of likely N-dealkylation sites (tertiary alicyclic amines) is 1. The zero-order valence-electron chi connectivity index (χ0n) is 21.5. The first kappa shape index (κ1) is 31.7. The van der Waals surface area contributed by atoms with Gasteiger partial charge in [0, 0.05) is 29.3 Å². The molecule has 0 unspecified atom stereocenters. The van der Waals surface area contributed by atoms with Gasteiger partial charge < -0.3 is 25.5 Å². The van der Waals surface area contributed by atoms with Crippen molar-refractivity contribution in [2.24, 2.45) is 0 Å². The van der Waals surface area contributed by atoms with E-state index in [1.54, 1.807) is 47.4 Å². The molecule has 2 aromatic rings. The van der Waals surface area contributed by atoms with Crippen LogP contribution in [-0.4, -0.2) is 114 Å². The minimum atomic E-state index is -1.29. The number of thioether (sulfide) groups is 2. The van der Waals surface area contributed by atoms with Gasteiger partial charge in [0.25, 0.3) is 5.91 Å². The molecule has 0 bridgehead atoms. The van der Waals surface area contributed by atoms with Crippen molar-refractivity contribution in [2.45, 2.75) is 29.3 Å². The van der Waals surface area contributed by atoms with E-state index >= 15 is 0 Å². The van der Waals surface area contributed by atoms with Crippen LogP contribution in [0, 0.1) is 0 Å². The summed E-state index contributed by atoms with van der Waals surface area (Å²) in [4.78, 5) is 65.2. The number of carbonyl (C=O) groups is 5. The fourth-order valence-corrected chi connectivity index (χ4v) is 6.81. The molecule has 3 amide bonds. The van der Waals surface area contributed by atoms with Crippen LogP contribution in [0.25, 0.3) is 0 Å². The van der Waals surface area contributed by atoms with Crippen LogP contribution in [-0.2, 0) is 25.7 Å². The number of carbonyl (C=O) groups excluding carboxylic acids is 3. The molecule has 4 N–H and O–H groups in total. The van der Waals surface area contributed by atoms with E-state index in [2.05, 4.69) is 5.32 Å². The van der Waals surface area contributed by atoms with Crippen LogP contribution in [0.15, 0.2) is 76.3 Å². The van der Waals surface area contributed by atoms with Crippen molar-refractivity contribution in [3.05, 3.63) is 82.6 Å². The summed E-state index contributed by atoms with van der Waals surface area (Å²) < 4.78 is 0. The molecule has 42 heavy (non-hydrogen) atoms. The number of nitrogens with zero attached hydrogens (tertiary/aromatic N) is 2. The summed E-state index contributed by atoms with van der Waals surface area (Å²) in [5.41, 5.74) is 1.63. The van der Waals surface area contributed by atoms with Crippen LogP contribution < -0.4 is 5.32 Å². The fourth-order valence-electron chi connectivity index (χ4n) is 4.80. The molecule has 3 aliphatic rings. The number of β-lactam (4-membered cyclic amide) rings is 1. The van der Waals surface area contributed by atoms with E-state index in [9.17, 15) is 34.2 Å². The van der Waals surface area contributed by atoms with Crippen molar-refractivity contribution in [1.29, 1.82) is 0 Å². The number of aliphatic carboxylic acids is 1. The van der Waals surface area contributed by atoms with Crippen LogP contribution in [0.1, 0.15) is 22.3 Å². The number of hydrogen-bond acceptors (Lipinski definition) is 8. The van der Waals surface area contributed by atoms with Gasteiger partial charge in [0.2, 0.25) is 11.8 Å². The van der Waals surface area contributed by atoms with E-state index in [1.807, 2.05) is 0 Å². The standard InChI is InChI=1S/C28H25N3O8S2.Na.H/c32-19-5-1-15(2-6-19)12-30-10-9-17(24(30)34)11-18-13-41-26-22(25(35)31(26)23(18)28(38)39)29-21(33)14-40-20-7-3-16(4-8-20)27(36)37;;/h1-8,11,22,26,32H,9-10,12-14H2,(H,29,33)(H,36,37)(H,38,39);;/b17-11+;;/t22-,26-;;/m1../s1. The molecule has 0 aliphatic carbocycles. The summed E-state index contributed by atoms with van der Waals surface area (Å²) in [5, 5.41) is 30.5. The molecule has 0 saturated carbocycles. The Morgan fingerprint density at radius 2 is 1.71 bits per heavy atom. The molecule has 11 nitrogen and oxygen atoms in total. The Labute approximate surface area is 271 Å². The third-order valence-electron chi connectivity index (χ3n) is 6.86. The first-order chi connectivity index (χ1) is 19.6. The van der Waals surface area contributed by atoms with Crippen molar-refractivity contribution in [1.82, 2.24) is 15.1 Å². The van der Waals surface area contributed by atoms with Crippen LogP contribution in [0.2, 0.25) is 0 Å². The molecule has 5 rings (SSSR count). The summed E-state index contributed by atoms with van der Waals surface area (Å²) in [5.74, 6) is -3.11. The van der Waals surface area contributed by atoms with Gasteiger partial charge in [0.15, 0.2) is 0 Å². The number of hydrogen-bond donors (Lipinski definition) is 4. The van der Waals surface area contributed by atoms with Gasteiger partial charge in [-0.05, 0) is 60.0 Å². The van der Waals surface area contributed by atoms with Crippen molar-refractivity contribution in [3.8, 4) is 5.75 Å². The van der Waals surface area contributed by atoms with E-state index in [-0.39, 0.29) is 64.0 Å². The van der Waals surface area contributed by atoms with Crippen LogP contribution in [0.5, 0.6) is 5.75 Å². The van der Waals surface area contributed by atoms with Crippen LogP contribution in [0.3, 0.4) is 0 Å². The van der Waals surface area contributed by atoms with E-state index in [0.717, 1.165) is 5.56 Å². The normalized spacial score (nSPS) is 20.6. The summed E-state index contributed by atoms with van der Waals surface area (Å²) in [6.07, 6.45) is 2.00. The zero-order valence-corrected chi connectivity index (χ0v) is 23.1. The summed E-state index contributed by atoms with van der Waals surface area (Å²) in [7, 11) is 0. The van der Waals surface area contributed by atoms with Gasteiger partial charge in [-0.15, -0.1) is 23.5 Å². The number of amides is 3. The van der Waals surface area contributed by atoms with E-state index < -0.39 is 35.2 Å². The minimum absolute atomic E-state index is 0. The van der Waals surface area contributed by atoms with Gasteiger partial charge in [-0.25, -0.2) is 9.59 Å². The number of phenols is 1. The Bertz CT molecular complexity index is 1490. The van der Waals surface area contributed by atoms with Crippen LogP contribution >= 0.6 is 23.5 Å². The van der Waals surface area contributed by atoms with E-state index in [4.69, 9.17) is 5.11 Å². The number of allylic oxidation sites excluding steroid dienone is 1. The number of nitrogens with one attached hydrogen (secondary N) is 1. The first-order valence-corrected chi connectivity index (χ1v) is 14.6. The molecule has 0 spiro atoms. The number of carboxylic acids is 2. The number of benzene rings is 2. The topological polar surface area (TPSA) is 165 Å². The molecule has 2 saturated heterocycles. The summed E-state index contributed by atoms with van der Waals surface area (Å²) in [6, 6.07) is 11.7. The number of carboxylic acid groups (broad SMARTS) is 2. The molecule has 0 radical (unpaired) electrons. The molecular formula is C28H26N3NaO8S2. The Kier molecular flexibility index (Phi) is 10.1. The Morgan fingerprint density at radius 1 is 1.02 bits per heavy atom. The Hall–Kier alpha value is -3.23. The molecule has 2 fully saturated rings. The molecule has 0 aromatic heterocycles. The number of aromatic carboxylic acids is 1. The van der Waals surface area contributed by atoms with E-state index in [0.29, 0.717) is 35.6 Å². The van der Waals surface area contributed by atoms with Crippen molar-refractivity contribution in [2.75, 3.05) is 18.1 Å². The molecule has 14 heteroatoms. The van der Waals surface area contributed by atoms with Crippen molar-refractivity contribution < 1.29 is 39.3 Å². The average molecular weight is 620 g/mol. The number of phenolic OH excluding ortho intramolecular Hbond substituents is 1. The third kappa shape index (κ3) is 6.70. The van der Waals surface area contributed by atoms with Crippen LogP contribution in [0.4, 0.5) is 0 Å². The Morgan fingerprint density at radius 3 is 2.36 bits per heavy atom. The predicted molar refractivity (Wildman–Crippen MR) is 157 cm³/mol. The maximum atomic E-state index is 13.0. The second kappa shape index (κ2) is 13.4. The number of aromatic hydroxyl groups is 1. The Balaban J connectivity index is 0.00000405. The van der Waals surface area contributed by atoms with Gasteiger partial charge in [-0.2, -0.15) is 0 Å². The van der Waals surface area contributed by atoms with Gasteiger partial charge in [-0.3, -0.25) is 19.3 Å². The summed E-state index contributed by atoms with van der Waals surface area (Å²) >= 11 is 2.50. The summed E-state index contributed by atoms with van der Waals surface area (Å²) in [6.45, 7) is 0.825. The molecule has 214 valence electrons. The SMILES string of the molecule is O=C(CSc1ccc(C(=O)O)cc1)N[C@@H]1C(=O)N2C(C(=O)O)=C(/C=C3\CCN(Cc4ccc(O)cc4)C3=O)CS[C@H]12.[NaH].